The molecule has 0 aliphatic rings. The maximum absolute atomic E-state index is 13.2. The number of carbonyl (C=O) groups excluding carboxylic acids is 2. The van der Waals surface area contributed by atoms with Crippen molar-refractivity contribution in [1.29, 1.82) is 0 Å². The summed E-state index contributed by atoms with van der Waals surface area (Å²) < 4.78 is 30.6. The van der Waals surface area contributed by atoms with E-state index in [-0.39, 0.29) is 23.7 Å². The predicted octanol–water partition coefficient (Wildman–Crippen LogP) is 2.44. The highest BCUT2D eigenvalue weighted by Gasteiger charge is 2.13. The molecule has 0 aliphatic carbocycles. The molecule has 0 heterocycles. The van der Waals surface area contributed by atoms with Gasteiger partial charge in [0.1, 0.15) is 11.6 Å². The number of hydrogen-bond acceptors (Lipinski definition) is 4. The van der Waals surface area contributed by atoms with Crippen LogP contribution in [0.15, 0.2) is 18.2 Å². The van der Waals surface area contributed by atoms with E-state index in [2.05, 4.69) is 4.74 Å². The minimum Gasteiger partial charge on any atom is -0.465 e. The summed E-state index contributed by atoms with van der Waals surface area (Å²) in [5.74, 6) is -2.55. The highest BCUT2D eigenvalue weighted by Crippen LogP contribution is 2.13. The number of rotatable bonds is 6. The topological polar surface area (TPSA) is 43.4 Å². The number of Topliss-reactive ketones (excluding diaryl/α,β-unsaturated/α-hetero) is 1. The lowest BCUT2D eigenvalue weighted by Crippen LogP contribution is -2.11. The van der Waals surface area contributed by atoms with Crippen LogP contribution < -0.4 is 0 Å². The molecule has 0 spiro atoms. The summed E-state index contributed by atoms with van der Waals surface area (Å²) in [6, 6.07) is 2.77. The third kappa shape index (κ3) is 4.44. The summed E-state index contributed by atoms with van der Waals surface area (Å²) in [5, 5.41) is 0. The van der Waals surface area contributed by atoms with Gasteiger partial charge in [0, 0.05) is 6.07 Å². The normalized spacial score (nSPS) is 10.2. The van der Waals surface area contributed by atoms with Gasteiger partial charge in [0.25, 0.3) is 0 Å². The first kappa shape index (κ1) is 14.6. The molecule has 6 heteroatoms. The van der Waals surface area contributed by atoms with Crippen molar-refractivity contribution < 1.29 is 23.1 Å². The quantitative estimate of drug-likeness (QED) is 0.590. The molecule has 0 saturated heterocycles. The van der Waals surface area contributed by atoms with Crippen molar-refractivity contribution in [3.63, 3.8) is 0 Å². The molecule has 1 rings (SSSR count). The average Bonchev–Trinajstić information content (AvgIpc) is 2.29. The van der Waals surface area contributed by atoms with Crippen molar-refractivity contribution >= 4 is 23.5 Å². The summed E-state index contributed by atoms with van der Waals surface area (Å²) in [7, 11) is 0. The minimum absolute atomic E-state index is 0.0302. The van der Waals surface area contributed by atoms with Gasteiger partial charge < -0.3 is 4.74 Å². The van der Waals surface area contributed by atoms with Gasteiger partial charge in [-0.2, -0.15) is 0 Å². The van der Waals surface area contributed by atoms with E-state index in [1.807, 2.05) is 0 Å². The zero-order valence-electron chi connectivity index (χ0n) is 9.74. The van der Waals surface area contributed by atoms with Crippen LogP contribution in [0.5, 0.6) is 0 Å². The molecule has 0 fully saturated rings. The second-order valence-corrected chi connectivity index (χ2v) is 4.33. The van der Waals surface area contributed by atoms with Crippen LogP contribution in [0, 0.1) is 11.6 Å². The summed E-state index contributed by atoms with van der Waals surface area (Å²) in [6.45, 7) is 1.96. The lowest BCUT2D eigenvalue weighted by atomic mass is 10.1. The molecule has 0 aromatic heterocycles. The molecule has 0 amide bonds. The number of carbonyl (C=O) groups is 2. The maximum Gasteiger partial charge on any atom is 0.315 e. The molecular weight excluding hydrogens is 262 g/mol. The van der Waals surface area contributed by atoms with E-state index < -0.39 is 23.4 Å². The van der Waals surface area contributed by atoms with Gasteiger partial charge in [0.15, 0.2) is 5.78 Å². The standard InChI is InChI=1S/C12H12F2O3S/c1-2-17-12(16)7-18-6-11(15)9-4-3-8(13)5-10(9)14/h3-5H,2,6-7H2,1H3. The van der Waals surface area contributed by atoms with Gasteiger partial charge in [-0.25, -0.2) is 8.78 Å². The number of halogens is 2. The van der Waals surface area contributed by atoms with Crippen LogP contribution in [0.3, 0.4) is 0 Å². The van der Waals surface area contributed by atoms with Crippen molar-refractivity contribution in [2.45, 2.75) is 6.92 Å². The van der Waals surface area contributed by atoms with Gasteiger partial charge in [-0.1, -0.05) is 0 Å². The Labute approximate surface area is 108 Å². The van der Waals surface area contributed by atoms with Gasteiger partial charge in [-0.3, -0.25) is 9.59 Å². The van der Waals surface area contributed by atoms with Crippen LogP contribution in [0.2, 0.25) is 0 Å². The Bertz CT molecular complexity index is 449. The van der Waals surface area contributed by atoms with Crippen LogP contribution in [0.1, 0.15) is 17.3 Å². The molecule has 3 nitrogen and oxygen atoms in total. The van der Waals surface area contributed by atoms with Crippen LogP contribution in [0.4, 0.5) is 8.78 Å². The van der Waals surface area contributed by atoms with E-state index in [0.717, 1.165) is 23.9 Å². The van der Waals surface area contributed by atoms with Crippen LogP contribution in [0.25, 0.3) is 0 Å². The summed E-state index contributed by atoms with van der Waals surface area (Å²) in [5.41, 5.74) is -0.173. The number of ether oxygens (including phenoxy) is 1. The number of thioether (sulfide) groups is 1. The Morgan fingerprint density at radius 1 is 1.28 bits per heavy atom. The lowest BCUT2D eigenvalue weighted by molar-refractivity contribution is -0.139. The molecule has 1 aromatic rings. The zero-order chi connectivity index (χ0) is 13.5. The van der Waals surface area contributed by atoms with E-state index in [9.17, 15) is 18.4 Å². The molecule has 0 bridgehead atoms. The molecule has 98 valence electrons. The van der Waals surface area contributed by atoms with Gasteiger partial charge >= 0.3 is 5.97 Å². The van der Waals surface area contributed by atoms with Crippen LogP contribution >= 0.6 is 11.8 Å². The number of esters is 1. The largest absolute Gasteiger partial charge is 0.465 e. The Hall–Kier alpha value is -1.43. The third-order valence-electron chi connectivity index (χ3n) is 1.99. The fourth-order valence-electron chi connectivity index (χ4n) is 1.22. The summed E-state index contributed by atoms with van der Waals surface area (Å²) in [6.07, 6.45) is 0. The van der Waals surface area contributed by atoms with Gasteiger partial charge in [-0.15, -0.1) is 11.8 Å². The molecule has 0 aliphatic heterocycles. The van der Waals surface area contributed by atoms with E-state index in [4.69, 9.17) is 0 Å². The van der Waals surface area contributed by atoms with Gasteiger partial charge in [0.2, 0.25) is 0 Å². The Morgan fingerprint density at radius 2 is 2.00 bits per heavy atom. The molecule has 0 atom stereocenters. The third-order valence-corrected chi connectivity index (χ3v) is 2.90. The smallest absolute Gasteiger partial charge is 0.315 e. The van der Waals surface area contributed by atoms with Gasteiger partial charge in [-0.05, 0) is 19.1 Å². The van der Waals surface area contributed by atoms with Crippen molar-refractivity contribution in [1.82, 2.24) is 0 Å². The van der Waals surface area contributed by atoms with E-state index in [1.54, 1.807) is 6.92 Å². The molecule has 0 radical (unpaired) electrons. The Morgan fingerprint density at radius 3 is 2.61 bits per heavy atom. The number of benzene rings is 1. The lowest BCUT2D eigenvalue weighted by Gasteiger charge is -2.03. The molecule has 0 unspecified atom stereocenters. The molecule has 0 saturated carbocycles. The fourth-order valence-corrected chi connectivity index (χ4v) is 1.92. The predicted molar refractivity (Wildman–Crippen MR) is 64.6 cm³/mol. The first-order chi connectivity index (χ1) is 8.54. The second kappa shape index (κ2) is 7.10. The van der Waals surface area contributed by atoms with Crippen LogP contribution in [-0.2, 0) is 9.53 Å². The first-order valence-electron chi connectivity index (χ1n) is 5.26. The monoisotopic (exact) mass is 274 g/mol. The van der Waals surface area contributed by atoms with E-state index in [1.165, 1.54) is 0 Å². The Balaban J connectivity index is 2.48. The first-order valence-corrected chi connectivity index (χ1v) is 6.41. The maximum atomic E-state index is 13.2. The van der Waals surface area contributed by atoms with Crippen molar-refractivity contribution in [3.05, 3.63) is 35.4 Å². The highest BCUT2D eigenvalue weighted by molar-refractivity contribution is 8.00. The summed E-state index contributed by atoms with van der Waals surface area (Å²) >= 11 is 1.03. The zero-order valence-corrected chi connectivity index (χ0v) is 10.6. The minimum atomic E-state index is -0.892. The summed E-state index contributed by atoms with van der Waals surface area (Å²) in [4.78, 5) is 22.6. The SMILES string of the molecule is CCOC(=O)CSCC(=O)c1ccc(F)cc1F. The number of hydrogen-bond donors (Lipinski definition) is 0. The molecule has 18 heavy (non-hydrogen) atoms. The number of ketones is 1. The fraction of sp³-hybridized carbons (Fsp3) is 0.333. The van der Waals surface area contributed by atoms with Crippen molar-refractivity contribution in [2.75, 3.05) is 18.1 Å². The van der Waals surface area contributed by atoms with Crippen LogP contribution in [-0.4, -0.2) is 29.9 Å². The highest BCUT2D eigenvalue weighted by atomic mass is 32.2. The molecule has 0 N–H and O–H groups in total. The van der Waals surface area contributed by atoms with E-state index >= 15 is 0 Å². The van der Waals surface area contributed by atoms with Crippen molar-refractivity contribution in [2.24, 2.45) is 0 Å². The molecular formula is C12H12F2O3S. The van der Waals surface area contributed by atoms with E-state index in [0.29, 0.717) is 6.07 Å². The average molecular weight is 274 g/mol. The Kier molecular flexibility index (Phi) is 5.77. The molecule has 1 aromatic carbocycles. The second-order valence-electron chi connectivity index (χ2n) is 3.35. The van der Waals surface area contributed by atoms with Crippen molar-refractivity contribution in [3.8, 4) is 0 Å². The van der Waals surface area contributed by atoms with Gasteiger partial charge in [0.05, 0.1) is 23.7 Å².